The highest BCUT2D eigenvalue weighted by Gasteiger charge is 2.03. The van der Waals surface area contributed by atoms with Crippen molar-refractivity contribution < 1.29 is 9.53 Å². The van der Waals surface area contributed by atoms with Crippen molar-refractivity contribution in [3.05, 3.63) is 64.7 Å². The number of nitrogens with one attached hydrogen (secondary N) is 1. The summed E-state index contributed by atoms with van der Waals surface area (Å²) in [5.74, 6) is 0.681. The Morgan fingerprint density at radius 1 is 0.829 bits per heavy atom. The number of ether oxygens (including phenoxy) is 1. The maximum atomic E-state index is 12.1. The number of benzene rings is 2. The number of nitrogens with zero attached hydrogens (tertiary/aromatic N) is 1. The lowest BCUT2D eigenvalue weighted by atomic mass is 10.0. The third kappa shape index (κ3) is 14.0. The van der Waals surface area contributed by atoms with Crippen LogP contribution in [0.4, 0.5) is 0 Å². The van der Waals surface area contributed by atoms with Gasteiger partial charge in [0.2, 0.25) is 5.91 Å². The van der Waals surface area contributed by atoms with Gasteiger partial charge in [0.1, 0.15) is 12.4 Å². The summed E-state index contributed by atoms with van der Waals surface area (Å²) in [4.78, 5) is 12.1. The second-order valence-electron chi connectivity index (χ2n) is 9.24. The SMILES string of the molecule is CCCCCCCCCCCCCCCC(=O)N/N=C\c1ccccc1OCc1ccc(Cl)cc1. The van der Waals surface area contributed by atoms with E-state index in [0.717, 1.165) is 29.7 Å². The third-order valence-corrected chi connectivity index (χ3v) is 6.38. The van der Waals surface area contributed by atoms with Crippen LogP contribution >= 0.6 is 11.6 Å². The van der Waals surface area contributed by atoms with Gasteiger partial charge in [-0.3, -0.25) is 4.79 Å². The predicted octanol–water partition coefficient (Wildman–Crippen LogP) is 8.85. The van der Waals surface area contributed by atoms with Crippen LogP contribution in [0.5, 0.6) is 5.75 Å². The molecule has 0 saturated carbocycles. The minimum absolute atomic E-state index is 0.0381. The number of hydrogen-bond donors (Lipinski definition) is 1. The van der Waals surface area contributed by atoms with E-state index < -0.39 is 0 Å². The molecule has 0 aliphatic heterocycles. The molecule has 1 amide bonds. The molecule has 0 aromatic heterocycles. The van der Waals surface area contributed by atoms with Crippen molar-refractivity contribution in [2.24, 2.45) is 5.10 Å². The standard InChI is InChI=1S/C30H43ClN2O2/c1-2-3-4-5-6-7-8-9-10-11-12-13-14-19-30(34)33-32-24-27-17-15-16-18-29(27)35-25-26-20-22-28(31)23-21-26/h15-18,20-24H,2-14,19,25H2,1H3,(H,33,34)/b32-24-. The number of para-hydroxylation sites is 1. The van der Waals surface area contributed by atoms with Crippen LogP contribution in [-0.4, -0.2) is 12.1 Å². The molecule has 0 aliphatic rings. The molecule has 5 heteroatoms. The molecule has 0 unspecified atom stereocenters. The first-order valence-corrected chi connectivity index (χ1v) is 13.8. The quantitative estimate of drug-likeness (QED) is 0.119. The zero-order valence-electron chi connectivity index (χ0n) is 21.4. The van der Waals surface area contributed by atoms with E-state index >= 15 is 0 Å². The molecular weight excluding hydrogens is 456 g/mol. The Labute approximate surface area is 217 Å². The summed E-state index contributed by atoms with van der Waals surface area (Å²) in [7, 11) is 0. The summed E-state index contributed by atoms with van der Waals surface area (Å²) >= 11 is 5.93. The van der Waals surface area contributed by atoms with Crippen molar-refractivity contribution in [2.75, 3.05) is 0 Å². The molecule has 0 heterocycles. The largest absolute Gasteiger partial charge is 0.488 e. The first kappa shape index (κ1) is 28.9. The van der Waals surface area contributed by atoms with E-state index in [2.05, 4.69) is 17.5 Å². The summed E-state index contributed by atoms with van der Waals surface area (Å²) in [5.41, 5.74) is 4.50. The van der Waals surface area contributed by atoms with Crippen LogP contribution in [0.15, 0.2) is 53.6 Å². The Bertz CT molecular complexity index is 852. The number of carbonyl (C=O) groups is 1. The monoisotopic (exact) mass is 498 g/mol. The summed E-state index contributed by atoms with van der Waals surface area (Å²) < 4.78 is 5.93. The highest BCUT2D eigenvalue weighted by atomic mass is 35.5. The lowest BCUT2D eigenvalue weighted by Crippen LogP contribution is -2.17. The van der Waals surface area contributed by atoms with Crippen molar-refractivity contribution in [1.29, 1.82) is 0 Å². The minimum Gasteiger partial charge on any atom is -0.488 e. The van der Waals surface area contributed by atoms with Gasteiger partial charge in [0.15, 0.2) is 0 Å². The summed E-state index contributed by atoms with van der Waals surface area (Å²) in [6.07, 6.45) is 19.0. The van der Waals surface area contributed by atoms with E-state index in [4.69, 9.17) is 16.3 Å². The zero-order valence-corrected chi connectivity index (χ0v) is 22.2. The van der Waals surface area contributed by atoms with Gasteiger partial charge in [-0.2, -0.15) is 5.10 Å². The number of hydrazone groups is 1. The van der Waals surface area contributed by atoms with Gasteiger partial charge in [-0.05, 0) is 36.2 Å². The van der Waals surface area contributed by atoms with Gasteiger partial charge in [0.05, 0.1) is 6.21 Å². The fraction of sp³-hybridized carbons (Fsp3) is 0.533. The second-order valence-corrected chi connectivity index (χ2v) is 9.68. The van der Waals surface area contributed by atoms with E-state index in [9.17, 15) is 4.79 Å². The molecule has 192 valence electrons. The molecular formula is C30H43ClN2O2. The van der Waals surface area contributed by atoms with Crippen molar-refractivity contribution in [3.63, 3.8) is 0 Å². The van der Waals surface area contributed by atoms with Gasteiger partial charge < -0.3 is 4.74 Å². The minimum atomic E-state index is -0.0381. The number of hydrogen-bond acceptors (Lipinski definition) is 3. The van der Waals surface area contributed by atoms with Gasteiger partial charge in [-0.25, -0.2) is 5.43 Å². The Hall–Kier alpha value is -2.33. The molecule has 4 nitrogen and oxygen atoms in total. The summed E-state index contributed by atoms with van der Waals surface area (Å²) in [6, 6.07) is 15.2. The molecule has 0 spiro atoms. The van der Waals surface area contributed by atoms with Crippen LogP contribution in [0.3, 0.4) is 0 Å². The Kier molecular flexibility index (Phi) is 15.6. The molecule has 0 fully saturated rings. The number of halogens is 1. The van der Waals surface area contributed by atoms with Crippen LogP contribution in [-0.2, 0) is 11.4 Å². The molecule has 35 heavy (non-hydrogen) atoms. The lowest BCUT2D eigenvalue weighted by Gasteiger charge is -2.09. The lowest BCUT2D eigenvalue weighted by molar-refractivity contribution is -0.121. The molecule has 0 saturated heterocycles. The van der Waals surface area contributed by atoms with Crippen molar-refractivity contribution in [1.82, 2.24) is 5.43 Å². The highest BCUT2D eigenvalue weighted by Crippen LogP contribution is 2.18. The Balaban J connectivity index is 1.53. The van der Waals surface area contributed by atoms with Gasteiger partial charge >= 0.3 is 0 Å². The predicted molar refractivity (Wildman–Crippen MR) is 148 cm³/mol. The maximum Gasteiger partial charge on any atom is 0.240 e. The molecule has 1 N–H and O–H groups in total. The van der Waals surface area contributed by atoms with Gasteiger partial charge in [-0.1, -0.05) is 120 Å². The van der Waals surface area contributed by atoms with Crippen LogP contribution in [0.25, 0.3) is 0 Å². The smallest absolute Gasteiger partial charge is 0.240 e. The molecule has 2 rings (SSSR count). The number of rotatable bonds is 19. The first-order valence-electron chi connectivity index (χ1n) is 13.5. The van der Waals surface area contributed by atoms with Crippen molar-refractivity contribution in [2.45, 2.75) is 103 Å². The van der Waals surface area contributed by atoms with Crippen LogP contribution in [0.1, 0.15) is 108 Å². The maximum absolute atomic E-state index is 12.1. The topological polar surface area (TPSA) is 50.7 Å². The highest BCUT2D eigenvalue weighted by molar-refractivity contribution is 6.30. The van der Waals surface area contributed by atoms with E-state index in [1.807, 2.05) is 48.5 Å². The number of unbranched alkanes of at least 4 members (excludes halogenated alkanes) is 12. The van der Waals surface area contributed by atoms with Crippen LogP contribution in [0.2, 0.25) is 5.02 Å². The van der Waals surface area contributed by atoms with Gasteiger partial charge in [0.25, 0.3) is 0 Å². The Morgan fingerprint density at radius 2 is 1.40 bits per heavy atom. The average Bonchev–Trinajstić information content (AvgIpc) is 2.87. The fourth-order valence-electron chi connectivity index (χ4n) is 3.99. The summed E-state index contributed by atoms with van der Waals surface area (Å²) in [6.45, 7) is 2.71. The molecule has 2 aromatic carbocycles. The molecule has 0 aliphatic carbocycles. The molecule has 0 bridgehead atoms. The van der Waals surface area contributed by atoms with E-state index in [1.165, 1.54) is 70.6 Å². The average molecular weight is 499 g/mol. The second kappa shape index (κ2) is 18.9. The van der Waals surface area contributed by atoms with E-state index in [0.29, 0.717) is 18.1 Å². The van der Waals surface area contributed by atoms with Crippen molar-refractivity contribution >= 4 is 23.7 Å². The third-order valence-electron chi connectivity index (χ3n) is 6.13. The van der Waals surface area contributed by atoms with Crippen LogP contribution < -0.4 is 10.2 Å². The molecule has 2 aromatic rings. The number of amides is 1. The molecule has 0 atom stereocenters. The fourth-order valence-corrected chi connectivity index (χ4v) is 4.12. The van der Waals surface area contributed by atoms with E-state index in [1.54, 1.807) is 6.21 Å². The number of carbonyl (C=O) groups excluding carboxylic acids is 1. The zero-order chi connectivity index (χ0) is 25.0. The Morgan fingerprint density at radius 3 is 2.03 bits per heavy atom. The van der Waals surface area contributed by atoms with Crippen molar-refractivity contribution in [3.8, 4) is 5.75 Å². The van der Waals surface area contributed by atoms with Gasteiger partial charge in [0, 0.05) is 17.0 Å². The normalized spacial score (nSPS) is 11.1. The summed E-state index contributed by atoms with van der Waals surface area (Å²) in [5, 5.41) is 4.83. The van der Waals surface area contributed by atoms with E-state index in [-0.39, 0.29) is 5.91 Å². The van der Waals surface area contributed by atoms with Crippen LogP contribution in [0, 0.1) is 0 Å². The molecule has 0 radical (unpaired) electrons. The van der Waals surface area contributed by atoms with Gasteiger partial charge in [-0.15, -0.1) is 0 Å². The first-order chi connectivity index (χ1) is 17.2.